The Labute approximate surface area is 150 Å². The minimum absolute atomic E-state index is 0.0938. The highest BCUT2D eigenvalue weighted by Gasteiger charge is 2.13. The van der Waals surface area contributed by atoms with Gasteiger partial charge in [-0.1, -0.05) is 24.3 Å². The second-order valence-corrected chi connectivity index (χ2v) is 4.81. The fraction of sp³-hybridized carbons (Fsp3) is 0.111. The number of aromatic hydroxyl groups is 2. The average Bonchev–Trinajstić information content (AvgIpc) is 2.64. The number of carboxylic acid groups (broad SMARTS) is 2. The van der Waals surface area contributed by atoms with Crippen LogP contribution in [0.3, 0.4) is 0 Å². The Bertz CT molecular complexity index is 639. The van der Waals surface area contributed by atoms with E-state index in [-0.39, 0.29) is 11.5 Å². The van der Waals surface area contributed by atoms with Crippen LogP contribution in [0.5, 0.6) is 11.5 Å². The third-order valence-corrected chi connectivity index (χ3v) is 3.04. The molecule has 2 unspecified atom stereocenters. The Kier molecular flexibility index (Phi) is 9.79. The maximum absolute atomic E-state index is 10.4. The van der Waals surface area contributed by atoms with Crippen molar-refractivity contribution in [1.82, 2.24) is 0 Å². The molecule has 2 aromatic carbocycles. The van der Waals surface area contributed by atoms with E-state index < -0.39 is 24.0 Å². The zero-order chi connectivity index (χ0) is 20.3. The van der Waals surface area contributed by atoms with Crippen molar-refractivity contribution in [2.45, 2.75) is 12.1 Å². The van der Waals surface area contributed by atoms with Crippen molar-refractivity contribution in [3.05, 3.63) is 72.8 Å². The summed E-state index contributed by atoms with van der Waals surface area (Å²) in [7, 11) is 0. The molecule has 0 saturated carbocycles. The van der Waals surface area contributed by atoms with E-state index in [0.717, 1.165) is 0 Å². The van der Waals surface area contributed by atoms with Crippen molar-refractivity contribution in [2.75, 3.05) is 0 Å². The highest BCUT2D eigenvalue weighted by molar-refractivity contribution is 5.75. The average molecular weight is 362 g/mol. The van der Waals surface area contributed by atoms with Gasteiger partial charge in [-0.3, -0.25) is 9.59 Å². The largest absolute Gasteiger partial charge is 0.508 e. The monoisotopic (exact) mass is 362 g/mol. The quantitative estimate of drug-likeness (QED) is 0.447. The molecule has 0 aliphatic heterocycles. The summed E-state index contributed by atoms with van der Waals surface area (Å²) in [4.78, 5) is 20.8. The number of rotatable bonds is 4. The predicted octanol–water partition coefficient (Wildman–Crippen LogP) is 1.76. The topological polar surface area (TPSA) is 167 Å². The number of aliphatic carboxylic acids is 2. The van der Waals surface area contributed by atoms with Gasteiger partial charge in [-0.15, -0.1) is 13.2 Å². The lowest BCUT2D eigenvalue weighted by atomic mass is 10.1. The maximum Gasteiger partial charge on any atom is 0.325 e. The molecular formula is C18H22N2O6. The normalized spacial score (nSPS) is 11.6. The van der Waals surface area contributed by atoms with Crippen LogP contribution in [-0.2, 0) is 9.59 Å². The second-order valence-electron chi connectivity index (χ2n) is 4.81. The summed E-state index contributed by atoms with van der Waals surface area (Å²) in [6, 6.07) is 9.48. The van der Waals surface area contributed by atoms with Crippen LogP contribution in [0, 0.1) is 0 Å². The highest BCUT2D eigenvalue weighted by Crippen LogP contribution is 2.15. The molecule has 0 aliphatic carbocycles. The number of hydrogen-bond donors (Lipinski definition) is 6. The number of phenolic OH excluding ortho intramolecular Hbond substituents is 2. The van der Waals surface area contributed by atoms with E-state index in [4.69, 9.17) is 31.9 Å². The summed E-state index contributed by atoms with van der Waals surface area (Å²) in [5, 5.41) is 34.8. The molecule has 26 heavy (non-hydrogen) atoms. The molecule has 0 heterocycles. The van der Waals surface area contributed by atoms with Crippen molar-refractivity contribution in [3.8, 4) is 11.5 Å². The molecule has 8 N–H and O–H groups in total. The zero-order valence-electron chi connectivity index (χ0n) is 13.9. The predicted molar refractivity (Wildman–Crippen MR) is 96.6 cm³/mol. The first-order chi connectivity index (χ1) is 12.2. The lowest BCUT2D eigenvalue weighted by Gasteiger charge is -2.05. The summed E-state index contributed by atoms with van der Waals surface area (Å²) in [6.07, 6.45) is 0. The molecule has 0 aromatic heterocycles. The molecule has 2 atom stereocenters. The first-order valence-corrected chi connectivity index (χ1v) is 7.27. The fourth-order valence-electron chi connectivity index (χ4n) is 1.65. The first kappa shape index (κ1) is 22.6. The smallest absolute Gasteiger partial charge is 0.325 e. The number of phenols is 2. The van der Waals surface area contributed by atoms with Crippen molar-refractivity contribution < 1.29 is 30.0 Å². The summed E-state index contributed by atoms with van der Waals surface area (Å²) in [5.74, 6) is -1.98. The summed E-state index contributed by atoms with van der Waals surface area (Å²) < 4.78 is 0. The van der Waals surface area contributed by atoms with Gasteiger partial charge in [0.2, 0.25) is 0 Å². The van der Waals surface area contributed by atoms with Gasteiger partial charge in [0.25, 0.3) is 0 Å². The van der Waals surface area contributed by atoms with E-state index in [1.807, 2.05) is 0 Å². The fourth-order valence-corrected chi connectivity index (χ4v) is 1.65. The molecule has 0 saturated heterocycles. The van der Waals surface area contributed by atoms with Crippen LogP contribution >= 0.6 is 0 Å². The van der Waals surface area contributed by atoms with Gasteiger partial charge in [0.15, 0.2) is 0 Å². The van der Waals surface area contributed by atoms with Gasteiger partial charge in [0.05, 0.1) is 0 Å². The molecule has 8 nitrogen and oxygen atoms in total. The van der Waals surface area contributed by atoms with Crippen molar-refractivity contribution in [3.63, 3.8) is 0 Å². The van der Waals surface area contributed by atoms with Gasteiger partial charge in [0.1, 0.15) is 23.6 Å². The minimum Gasteiger partial charge on any atom is -0.508 e. The molecule has 0 amide bonds. The van der Waals surface area contributed by atoms with E-state index in [2.05, 4.69) is 13.2 Å². The minimum atomic E-state index is -1.08. The molecule has 140 valence electrons. The maximum atomic E-state index is 10.4. The third kappa shape index (κ3) is 7.47. The van der Waals surface area contributed by atoms with Gasteiger partial charge in [-0.2, -0.15) is 0 Å². The van der Waals surface area contributed by atoms with E-state index in [0.29, 0.717) is 11.1 Å². The molecule has 0 spiro atoms. The van der Waals surface area contributed by atoms with Gasteiger partial charge in [-0.05, 0) is 35.4 Å². The lowest BCUT2D eigenvalue weighted by Crippen LogP contribution is -2.20. The van der Waals surface area contributed by atoms with Crippen LogP contribution in [0.4, 0.5) is 0 Å². The first-order valence-electron chi connectivity index (χ1n) is 7.27. The van der Waals surface area contributed by atoms with E-state index in [9.17, 15) is 9.59 Å². The number of benzene rings is 2. The third-order valence-electron chi connectivity index (χ3n) is 3.04. The number of carbonyl (C=O) groups is 2. The Morgan fingerprint density at radius 2 is 0.923 bits per heavy atom. The van der Waals surface area contributed by atoms with E-state index in [1.54, 1.807) is 0 Å². The van der Waals surface area contributed by atoms with Crippen molar-refractivity contribution in [2.24, 2.45) is 11.5 Å². The zero-order valence-corrected chi connectivity index (χ0v) is 13.9. The van der Waals surface area contributed by atoms with Crippen LogP contribution in [0.2, 0.25) is 0 Å². The lowest BCUT2D eigenvalue weighted by molar-refractivity contribution is -0.139. The molecule has 0 aliphatic rings. The number of hydrogen-bond acceptors (Lipinski definition) is 6. The van der Waals surface area contributed by atoms with Gasteiger partial charge in [-0.25, -0.2) is 0 Å². The van der Waals surface area contributed by atoms with Crippen LogP contribution in [0.25, 0.3) is 0 Å². The van der Waals surface area contributed by atoms with Crippen LogP contribution < -0.4 is 11.5 Å². The van der Waals surface area contributed by atoms with Crippen LogP contribution in [-0.4, -0.2) is 32.4 Å². The van der Waals surface area contributed by atoms with Crippen LogP contribution in [0.1, 0.15) is 23.2 Å². The standard InChI is InChI=1S/2C8H9NO3.C2H4/c2*9-7(8(11)12)5-1-3-6(10)4-2-5;1-2/h2*1-4,7,10H,9H2,(H,11,12);1-2H2. The molecule has 2 rings (SSSR count). The SMILES string of the molecule is C=C.NC(C(=O)O)c1ccc(O)cc1.NC(C(=O)O)c1ccc(O)cc1. The van der Waals surface area contributed by atoms with Gasteiger partial charge >= 0.3 is 11.9 Å². The molecule has 0 bridgehead atoms. The van der Waals surface area contributed by atoms with Gasteiger partial charge in [0, 0.05) is 0 Å². The Morgan fingerprint density at radius 3 is 1.12 bits per heavy atom. The molecule has 0 fully saturated rings. The van der Waals surface area contributed by atoms with Crippen molar-refractivity contribution >= 4 is 11.9 Å². The van der Waals surface area contributed by atoms with E-state index in [1.165, 1.54) is 48.5 Å². The summed E-state index contributed by atoms with van der Waals surface area (Å²) in [5.41, 5.74) is 11.6. The summed E-state index contributed by atoms with van der Waals surface area (Å²) in [6.45, 7) is 6.00. The molecule has 0 radical (unpaired) electrons. The van der Waals surface area contributed by atoms with Crippen molar-refractivity contribution in [1.29, 1.82) is 0 Å². The second kappa shape index (κ2) is 11.2. The molecule has 8 heteroatoms. The van der Waals surface area contributed by atoms with Crippen LogP contribution in [0.15, 0.2) is 61.7 Å². The Hall–Kier alpha value is -3.36. The molecular weight excluding hydrogens is 340 g/mol. The molecule has 2 aromatic rings. The Balaban J connectivity index is 0.000000439. The number of carboxylic acids is 2. The summed E-state index contributed by atoms with van der Waals surface area (Å²) >= 11 is 0. The number of nitrogens with two attached hydrogens (primary N) is 2. The Morgan fingerprint density at radius 1 is 0.692 bits per heavy atom. The van der Waals surface area contributed by atoms with E-state index >= 15 is 0 Å². The van der Waals surface area contributed by atoms with Gasteiger partial charge < -0.3 is 31.9 Å². The highest BCUT2D eigenvalue weighted by atomic mass is 16.4.